The maximum Gasteiger partial charge on any atom is 0.160 e. The molecule has 4 heteroatoms. The van der Waals surface area contributed by atoms with E-state index in [9.17, 15) is 5.11 Å². The molecule has 0 amide bonds. The van der Waals surface area contributed by atoms with E-state index in [1.54, 1.807) is 13.2 Å². The Morgan fingerprint density at radius 2 is 2.07 bits per heavy atom. The molecule has 0 fully saturated rings. The third kappa shape index (κ3) is 3.36. The minimum atomic E-state index is 0.174. The first-order chi connectivity index (χ1) is 13.2. The largest absolute Gasteiger partial charge is 0.504 e. The number of hydrogen-bond donors (Lipinski definition) is 2. The van der Waals surface area contributed by atoms with Gasteiger partial charge in [0.15, 0.2) is 11.5 Å². The summed E-state index contributed by atoms with van der Waals surface area (Å²) >= 11 is 0. The molecule has 0 saturated heterocycles. The van der Waals surface area contributed by atoms with Gasteiger partial charge in [-0.2, -0.15) is 0 Å². The molecule has 2 aliphatic rings. The molecule has 1 aliphatic heterocycles. The van der Waals surface area contributed by atoms with Gasteiger partial charge in [-0.25, -0.2) is 0 Å². The summed E-state index contributed by atoms with van der Waals surface area (Å²) in [6.45, 7) is 2.94. The highest BCUT2D eigenvalue weighted by molar-refractivity contribution is 5.62. The van der Waals surface area contributed by atoms with Crippen molar-refractivity contribution in [3.63, 3.8) is 0 Å². The number of phenols is 1. The van der Waals surface area contributed by atoms with Crippen LogP contribution in [0, 0.1) is 5.92 Å². The van der Waals surface area contributed by atoms with Gasteiger partial charge in [-0.05, 0) is 60.2 Å². The fraction of sp³-hybridized carbons (Fsp3) is 0.391. The molecule has 2 aromatic carbocycles. The van der Waals surface area contributed by atoms with E-state index < -0.39 is 0 Å². The van der Waals surface area contributed by atoms with Crippen LogP contribution in [-0.4, -0.2) is 18.8 Å². The van der Waals surface area contributed by atoms with Crippen molar-refractivity contribution in [1.82, 2.24) is 0 Å². The molecule has 2 N–H and O–H groups in total. The van der Waals surface area contributed by atoms with E-state index in [-0.39, 0.29) is 11.8 Å². The number of phenolic OH excluding ortho intramolecular Hbond substituents is 1. The second-order valence-electron chi connectivity index (χ2n) is 7.36. The number of benzene rings is 2. The van der Waals surface area contributed by atoms with Gasteiger partial charge in [-0.3, -0.25) is 0 Å². The van der Waals surface area contributed by atoms with E-state index in [4.69, 9.17) is 9.47 Å². The lowest BCUT2D eigenvalue weighted by Gasteiger charge is -2.37. The van der Waals surface area contributed by atoms with Crippen molar-refractivity contribution in [3.05, 3.63) is 59.7 Å². The second kappa shape index (κ2) is 7.55. The van der Waals surface area contributed by atoms with Crippen LogP contribution < -0.4 is 14.8 Å². The van der Waals surface area contributed by atoms with Gasteiger partial charge in [0.05, 0.1) is 19.8 Å². The maximum absolute atomic E-state index is 9.93. The van der Waals surface area contributed by atoms with Crippen molar-refractivity contribution in [3.8, 4) is 17.2 Å². The lowest BCUT2D eigenvalue weighted by atomic mass is 9.77. The summed E-state index contributed by atoms with van der Waals surface area (Å²) in [5, 5.41) is 13.6. The summed E-state index contributed by atoms with van der Waals surface area (Å²) in [5.74, 6) is 2.46. The Labute approximate surface area is 160 Å². The SMILES string of the molecule is CCCCOc1ccc2c(c1)C1C=CCC1C(c1ccc(O)c(OC)c1)N2. The van der Waals surface area contributed by atoms with Gasteiger partial charge < -0.3 is 19.9 Å². The van der Waals surface area contributed by atoms with Gasteiger partial charge in [0.1, 0.15) is 5.75 Å². The first-order valence-electron chi connectivity index (χ1n) is 9.78. The first-order valence-corrected chi connectivity index (χ1v) is 9.78. The molecule has 0 aromatic heterocycles. The normalized spacial score (nSPS) is 22.7. The number of fused-ring (bicyclic) bond motifs is 3. The van der Waals surface area contributed by atoms with Crippen LogP contribution in [0.15, 0.2) is 48.6 Å². The summed E-state index contributed by atoms with van der Waals surface area (Å²) in [6, 6.07) is 12.2. The van der Waals surface area contributed by atoms with E-state index in [0.717, 1.165) is 42.9 Å². The van der Waals surface area contributed by atoms with E-state index in [1.807, 2.05) is 12.1 Å². The Balaban J connectivity index is 1.64. The standard InChI is InChI=1S/C23H27NO3/c1-3-4-12-27-16-9-10-20-19(14-16)17-6-5-7-18(17)23(24-20)15-8-11-21(25)22(13-15)26-2/h5-6,8-11,13-14,17-18,23-25H,3-4,7,12H2,1-2H3. The van der Waals surface area contributed by atoms with Crippen molar-refractivity contribution in [1.29, 1.82) is 0 Å². The van der Waals surface area contributed by atoms with Crippen molar-refractivity contribution in [2.24, 2.45) is 5.92 Å². The number of anilines is 1. The van der Waals surface area contributed by atoms with Gasteiger partial charge >= 0.3 is 0 Å². The zero-order valence-electron chi connectivity index (χ0n) is 15.9. The molecule has 27 heavy (non-hydrogen) atoms. The fourth-order valence-electron chi connectivity index (χ4n) is 4.21. The summed E-state index contributed by atoms with van der Waals surface area (Å²) in [7, 11) is 1.59. The highest BCUT2D eigenvalue weighted by atomic mass is 16.5. The minimum Gasteiger partial charge on any atom is -0.504 e. The Bertz CT molecular complexity index is 846. The summed E-state index contributed by atoms with van der Waals surface area (Å²) < 4.78 is 11.2. The van der Waals surface area contributed by atoms with Gasteiger partial charge in [-0.1, -0.05) is 31.6 Å². The molecular formula is C23H27NO3. The van der Waals surface area contributed by atoms with E-state index in [2.05, 4.69) is 42.6 Å². The van der Waals surface area contributed by atoms with Crippen LogP contribution in [0.3, 0.4) is 0 Å². The second-order valence-corrected chi connectivity index (χ2v) is 7.36. The third-order valence-electron chi connectivity index (χ3n) is 5.66. The summed E-state index contributed by atoms with van der Waals surface area (Å²) in [5.41, 5.74) is 3.60. The number of unbranched alkanes of at least 4 members (excludes halogenated alkanes) is 1. The molecule has 142 valence electrons. The van der Waals surface area contributed by atoms with E-state index >= 15 is 0 Å². The maximum atomic E-state index is 9.93. The van der Waals surface area contributed by atoms with Crippen molar-refractivity contribution < 1.29 is 14.6 Å². The predicted octanol–water partition coefficient (Wildman–Crippen LogP) is 5.41. The fourth-order valence-corrected chi connectivity index (χ4v) is 4.21. The predicted molar refractivity (Wildman–Crippen MR) is 108 cm³/mol. The Morgan fingerprint density at radius 1 is 1.19 bits per heavy atom. The zero-order chi connectivity index (χ0) is 18.8. The molecule has 4 rings (SSSR count). The molecular weight excluding hydrogens is 338 g/mol. The molecule has 0 bridgehead atoms. The number of hydrogen-bond acceptors (Lipinski definition) is 4. The molecule has 0 radical (unpaired) electrons. The highest BCUT2D eigenvalue weighted by Gasteiger charge is 2.38. The quantitative estimate of drug-likeness (QED) is 0.531. The Morgan fingerprint density at radius 3 is 2.89 bits per heavy atom. The first kappa shape index (κ1) is 17.8. The van der Waals surface area contributed by atoms with Crippen LogP contribution >= 0.6 is 0 Å². The number of nitrogens with one attached hydrogen (secondary N) is 1. The van der Waals surface area contributed by atoms with Crippen LogP contribution in [0.4, 0.5) is 5.69 Å². The molecule has 0 saturated carbocycles. The van der Waals surface area contributed by atoms with Crippen molar-refractivity contribution in [2.75, 3.05) is 19.0 Å². The molecule has 1 aliphatic carbocycles. The third-order valence-corrected chi connectivity index (χ3v) is 5.66. The lowest BCUT2D eigenvalue weighted by molar-refractivity contribution is 0.308. The Kier molecular flexibility index (Phi) is 4.97. The van der Waals surface area contributed by atoms with Gasteiger partial charge in [0.25, 0.3) is 0 Å². The molecule has 0 spiro atoms. The number of methoxy groups -OCH3 is 1. The van der Waals surface area contributed by atoms with Crippen LogP contribution in [-0.2, 0) is 0 Å². The smallest absolute Gasteiger partial charge is 0.160 e. The van der Waals surface area contributed by atoms with Crippen LogP contribution in [0.25, 0.3) is 0 Å². The molecule has 4 nitrogen and oxygen atoms in total. The zero-order valence-corrected chi connectivity index (χ0v) is 15.9. The number of allylic oxidation sites excluding steroid dienone is 2. The topological polar surface area (TPSA) is 50.7 Å². The molecule has 2 aromatic rings. The van der Waals surface area contributed by atoms with E-state index in [0.29, 0.717) is 17.6 Å². The number of rotatable bonds is 6. The lowest BCUT2D eigenvalue weighted by Crippen LogP contribution is -2.29. The summed E-state index contributed by atoms with van der Waals surface area (Å²) in [6.07, 6.45) is 7.85. The van der Waals surface area contributed by atoms with Crippen molar-refractivity contribution >= 4 is 5.69 Å². The van der Waals surface area contributed by atoms with Crippen LogP contribution in [0.2, 0.25) is 0 Å². The van der Waals surface area contributed by atoms with Gasteiger partial charge in [0, 0.05) is 11.6 Å². The average Bonchev–Trinajstić information content (AvgIpc) is 3.18. The van der Waals surface area contributed by atoms with Crippen LogP contribution in [0.1, 0.15) is 49.3 Å². The van der Waals surface area contributed by atoms with E-state index in [1.165, 1.54) is 5.56 Å². The molecule has 1 heterocycles. The van der Waals surface area contributed by atoms with Crippen molar-refractivity contribution in [2.45, 2.75) is 38.1 Å². The number of ether oxygens (including phenoxy) is 2. The van der Waals surface area contributed by atoms with Gasteiger partial charge in [-0.15, -0.1) is 0 Å². The molecule has 3 unspecified atom stereocenters. The Hall–Kier alpha value is -2.62. The summed E-state index contributed by atoms with van der Waals surface area (Å²) in [4.78, 5) is 0. The monoisotopic (exact) mass is 365 g/mol. The molecule has 3 atom stereocenters. The van der Waals surface area contributed by atoms with Crippen LogP contribution in [0.5, 0.6) is 17.2 Å². The highest BCUT2D eigenvalue weighted by Crippen LogP contribution is 2.51. The average molecular weight is 365 g/mol. The van der Waals surface area contributed by atoms with Gasteiger partial charge in [0.2, 0.25) is 0 Å². The minimum absolute atomic E-state index is 0.174. The number of aromatic hydroxyl groups is 1.